The lowest BCUT2D eigenvalue weighted by Gasteiger charge is -2.06. The molecule has 0 bridgehead atoms. The summed E-state index contributed by atoms with van der Waals surface area (Å²) in [6.07, 6.45) is 1.38. The molecule has 92 valence electrons. The number of non-ortho nitro benzene ring substituents is 1. The van der Waals surface area contributed by atoms with Crippen LogP contribution in [0.3, 0.4) is 0 Å². The lowest BCUT2D eigenvalue weighted by atomic mass is 10.3. The predicted octanol–water partition coefficient (Wildman–Crippen LogP) is 3.09. The molecule has 2 aromatic rings. The lowest BCUT2D eigenvalue weighted by Crippen LogP contribution is -1.94. The summed E-state index contributed by atoms with van der Waals surface area (Å²) in [5.74, 6) is 0.767. The van der Waals surface area contributed by atoms with Crippen molar-refractivity contribution in [3.05, 3.63) is 50.0 Å². The minimum Gasteiger partial charge on any atom is -0.438 e. The van der Waals surface area contributed by atoms with E-state index in [-0.39, 0.29) is 5.69 Å². The first-order valence-corrected chi connectivity index (χ1v) is 6.04. The summed E-state index contributed by atoms with van der Waals surface area (Å²) in [4.78, 5) is 18.1. The smallest absolute Gasteiger partial charge is 0.273 e. The van der Waals surface area contributed by atoms with Crippen LogP contribution >= 0.6 is 22.6 Å². The zero-order chi connectivity index (χ0) is 13.1. The molecule has 0 N–H and O–H groups in total. The molecule has 0 aliphatic heterocycles. The Morgan fingerprint density at radius 1 is 1.33 bits per heavy atom. The van der Waals surface area contributed by atoms with Gasteiger partial charge in [-0.05, 0) is 35.6 Å². The number of aryl methyl sites for hydroxylation is 1. The van der Waals surface area contributed by atoms with E-state index in [1.807, 2.05) is 29.5 Å². The molecule has 0 unspecified atom stereocenters. The number of hydrogen-bond acceptors (Lipinski definition) is 5. The minimum absolute atomic E-state index is 0.0174. The molecule has 6 nitrogen and oxygen atoms in total. The van der Waals surface area contributed by atoms with E-state index in [1.165, 1.54) is 18.5 Å². The maximum Gasteiger partial charge on any atom is 0.273 e. The Labute approximate surface area is 116 Å². The van der Waals surface area contributed by atoms with Crippen molar-refractivity contribution in [3.8, 4) is 11.6 Å². The second-order valence-corrected chi connectivity index (χ2v) is 4.63. The number of rotatable bonds is 3. The quantitative estimate of drug-likeness (QED) is 0.479. The van der Waals surface area contributed by atoms with Crippen molar-refractivity contribution in [1.29, 1.82) is 0 Å². The number of hydrogen-bond donors (Lipinski definition) is 0. The number of ether oxygens (including phenoxy) is 1. The van der Waals surface area contributed by atoms with Crippen LogP contribution in [-0.2, 0) is 0 Å². The number of benzene rings is 1. The minimum atomic E-state index is -0.464. The summed E-state index contributed by atoms with van der Waals surface area (Å²) < 4.78 is 6.29. The van der Waals surface area contributed by atoms with E-state index in [0.29, 0.717) is 11.6 Å². The van der Waals surface area contributed by atoms with Gasteiger partial charge in [0.25, 0.3) is 5.69 Å². The SMILES string of the molecule is Cc1cc(Oc2cc([N+](=O)[O-])ccc2I)ncn1. The van der Waals surface area contributed by atoms with Crippen LogP contribution in [0.25, 0.3) is 0 Å². The fourth-order valence-corrected chi connectivity index (χ4v) is 1.73. The van der Waals surface area contributed by atoms with Crippen molar-refractivity contribution in [2.24, 2.45) is 0 Å². The van der Waals surface area contributed by atoms with Gasteiger partial charge in [-0.1, -0.05) is 0 Å². The number of nitro groups is 1. The molecule has 0 atom stereocenters. The van der Waals surface area contributed by atoms with E-state index in [1.54, 1.807) is 12.1 Å². The topological polar surface area (TPSA) is 78.2 Å². The molecule has 0 radical (unpaired) electrons. The maximum atomic E-state index is 10.7. The van der Waals surface area contributed by atoms with E-state index in [9.17, 15) is 10.1 Å². The third-order valence-corrected chi connectivity index (χ3v) is 3.01. The fourth-order valence-electron chi connectivity index (χ4n) is 1.28. The molecule has 0 saturated carbocycles. The maximum absolute atomic E-state index is 10.7. The highest BCUT2D eigenvalue weighted by molar-refractivity contribution is 14.1. The van der Waals surface area contributed by atoms with E-state index in [4.69, 9.17) is 4.74 Å². The predicted molar refractivity (Wildman–Crippen MR) is 72.7 cm³/mol. The van der Waals surface area contributed by atoms with Crippen LogP contribution in [0.1, 0.15) is 5.69 Å². The van der Waals surface area contributed by atoms with Crippen molar-refractivity contribution >= 4 is 28.3 Å². The fraction of sp³-hybridized carbons (Fsp3) is 0.0909. The summed E-state index contributed by atoms with van der Waals surface area (Å²) >= 11 is 2.04. The second kappa shape index (κ2) is 5.25. The zero-order valence-corrected chi connectivity index (χ0v) is 11.5. The number of nitrogens with zero attached hydrogens (tertiary/aromatic N) is 3. The first kappa shape index (κ1) is 12.7. The van der Waals surface area contributed by atoms with Gasteiger partial charge in [0.2, 0.25) is 5.88 Å². The van der Waals surface area contributed by atoms with E-state index >= 15 is 0 Å². The zero-order valence-electron chi connectivity index (χ0n) is 9.33. The summed E-state index contributed by atoms with van der Waals surface area (Å²) in [5, 5.41) is 10.7. The Hall–Kier alpha value is -1.77. The molecular weight excluding hydrogens is 349 g/mol. The number of nitro benzene ring substituents is 1. The molecule has 0 fully saturated rings. The van der Waals surface area contributed by atoms with Gasteiger partial charge in [0, 0.05) is 17.8 Å². The van der Waals surface area contributed by atoms with Crippen LogP contribution in [0.2, 0.25) is 0 Å². The molecule has 0 amide bonds. The van der Waals surface area contributed by atoms with Gasteiger partial charge in [-0.2, -0.15) is 0 Å². The van der Waals surface area contributed by atoms with E-state index in [2.05, 4.69) is 9.97 Å². The summed E-state index contributed by atoms with van der Waals surface area (Å²) in [5.41, 5.74) is 0.747. The van der Waals surface area contributed by atoms with Crippen molar-refractivity contribution in [1.82, 2.24) is 9.97 Å². The monoisotopic (exact) mass is 357 g/mol. The molecule has 1 heterocycles. The highest BCUT2D eigenvalue weighted by atomic mass is 127. The van der Waals surface area contributed by atoms with Gasteiger partial charge in [0.05, 0.1) is 14.6 Å². The first-order valence-electron chi connectivity index (χ1n) is 4.96. The van der Waals surface area contributed by atoms with Crippen LogP contribution < -0.4 is 4.74 Å². The molecule has 0 saturated heterocycles. The van der Waals surface area contributed by atoms with Crippen molar-refractivity contribution in [3.63, 3.8) is 0 Å². The molecule has 18 heavy (non-hydrogen) atoms. The molecule has 0 aliphatic carbocycles. The Kier molecular flexibility index (Phi) is 3.70. The van der Waals surface area contributed by atoms with Crippen LogP contribution in [0, 0.1) is 20.6 Å². The third-order valence-electron chi connectivity index (χ3n) is 2.12. The standard InChI is InChI=1S/C11H8IN3O3/c1-7-4-11(14-6-13-7)18-10-5-8(15(16)17)2-3-9(10)12/h2-6H,1H3. The average molecular weight is 357 g/mol. The Bertz CT molecular complexity index is 604. The van der Waals surface area contributed by atoms with Gasteiger partial charge in [-0.25, -0.2) is 9.97 Å². The normalized spacial score (nSPS) is 10.1. The molecule has 1 aromatic heterocycles. The first-order chi connectivity index (χ1) is 8.56. The summed E-state index contributed by atoms with van der Waals surface area (Å²) in [6, 6.07) is 6.09. The van der Waals surface area contributed by atoms with Crippen molar-refractivity contribution < 1.29 is 9.66 Å². The average Bonchev–Trinajstić information content (AvgIpc) is 2.31. The molecule has 7 heteroatoms. The molecule has 2 rings (SSSR count). The van der Waals surface area contributed by atoms with Gasteiger partial charge in [0.1, 0.15) is 12.1 Å². The van der Waals surface area contributed by atoms with E-state index in [0.717, 1.165) is 9.26 Å². The Morgan fingerprint density at radius 2 is 2.11 bits per heavy atom. The third kappa shape index (κ3) is 2.92. The van der Waals surface area contributed by atoms with Crippen LogP contribution in [-0.4, -0.2) is 14.9 Å². The van der Waals surface area contributed by atoms with Gasteiger partial charge in [0.15, 0.2) is 0 Å². The molecular formula is C11H8IN3O3. The van der Waals surface area contributed by atoms with Crippen LogP contribution in [0.4, 0.5) is 5.69 Å². The number of aromatic nitrogens is 2. The van der Waals surface area contributed by atoms with Crippen molar-refractivity contribution in [2.75, 3.05) is 0 Å². The lowest BCUT2D eigenvalue weighted by molar-refractivity contribution is -0.384. The largest absolute Gasteiger partial charge is 0.438 e. The Morgan fingerprint density at radius 3 is 2.78 bits per heavy atom. The van der Waals surface area contributed by atoms with Gasteiger partial charge in [-0.15, -0.1) is 0 Å². The summed E-state index contributed by atoms with van der Waals surface area (Å²) in [6.45, 7) is 1.81. The van der Waals surface area contributed by atoms with Gasteiger partial charge >= 0.3 is 0 Å². The highest BCUT2D eigenvalue weighted by Crippen LogP contribution is 2.29. The van der Waals surface area contributed by atoms with Gasteiger partial charge < -0.3 is 4.74 Å². The van der Waals surface area contributed by atoms with E-state index < -0.39 is 4.92 Å². The molecule has 1 aromatic carbocycles. The summed E-state index contributed by atoms with van der Waals surface area (Å²) in [7, 11) is 0. The molecule has 0 spiro atoms. The van der Waals surface area contributed by atoms with Crippen molar-refractivity contribution in [2.45, 2.75) is 6.92 Å². The number of halogens is 1. The molecule has 0 aliphatic rings. The Balaban J connectivity index is 2.33. The highest BCUT2D eigenvalue weighted by Gasteiger charge is 2.11. The van der Waals surface area contributed by atoms with Crippen LogP contribution in [0.5, 0.6) is 11.6 Å². The van der Waals surface area contributed by atoms with Crippen LogP contribution in [0.15, 0.2) is 30.6 Å². The van der Waals surface area contributed by atoms with Gasteiger partial charge in [-0.3, -0.25) is 10.1 Å². The second-order valence-electron chi connectivity index (χ2n) is 3.47.